The third kappa shape index (κ3) is 3.20. The summed E-state index contributed by atoms with van der Waals surface area (Å²) < 4.78 is 5.36. The molecule has 3 rings (SSSR count). The van der Waals surface area contributed by atoms with Gasteiger partial charge in [-0.25, -0.2) is 5.48 Å². The molecule has 2 heterocycles. The van der Waals surface area contributed by atoms with Crippen LogP contribution in [0.4, 0.5) is 5.69 Å². The first kappa shape index (κ1) is 17.0. The molecule has 1 fully saturated rings. The molecule has 0 aromatic heterocycles. The molecular formula is C15H18N2O6S. The van der Waals surface area contributed by atoms with E-state index in [2.05, 4.69) is 0 Å². The Hall–Kier alpha value is -1.81. The monoisotopic (exact) mass is 354 g/mol. The van der Waals surface area contributed by atoms with E-state index in [4.69, 9.17) is 9.94 Å². The van der Waals surface area contributed by atoms with Gasteiger partial charge in [0.25, 0.3) is 11.8 Å². The van der Waals surface area contributed by atoms with Gasteiger partial charge >= 0.3 is 0 Å². The van der Waals surface area contributed by atoms with Crippen LogP contribution >= 0.6 is 11.8 Å². The maximum Gasteiger partial charge on any atom is 0.274 e. The number of hydrogen-bond acceptors (Lipinski definition) is 7. The third-order valence-electron chi connectivity index (χ3n) is 4.28. The van der Waals surface area contributed by atoms with Crippen molar-refractivity contribution in [3.05, 3.63) is 23.8 Å². The highest BCUT2D eigenvalue weighted by Crippen LogP contribution is 2.41. The second-order valence-electron chi connectivity index (χ2n) is 5.74. The summed E-state index contributed by atoms with van der Waals surface area (Å²) in [6.45, 7) is 0.175. The summed E-state index contributed by atoms with van der Waals surface area (Å²) in [5, 5.41) is 26.8. The minimum Gasteiger partial charge on any atom is -0.482 e. The van der Waals surface area contributed by atoms with Gasteiger partial charge in [-0.15, -0.1) is 0 Å². The quantitative estimate of drug-likeness (QED) is 0.349. The van der Waals surface area contributed by atoms with Gasteiger partial charge in [-0.05, 0) is 36.8 Å². The number of carbonyl (C=O) groups is 2. The normalized spacial score (nSPS) is 22.0. The van der Waals surface area contributed by atoms with Gasteiger partial charge in [-0.1, -0.05) is 11.8 Å². The fourth-order valence-electron chi connectivity index (χ4n) is 2.93. The van der Waals surface area contributed by atoms with E-state index in [1.165, 1.54) is 17.0 Å². The Bertz CT molecular complexity index is 665. The average molecular weight is 354 g/mol. The van der Waals surface area contributed by atoms with Crippen molar-refractivity contribution in [2.45, 2.75) is 18.0 Å². The van der Waals surface area contributed by atoms with Crippen molar-refractivity contribution in [1.82, 2.24) is 5.48 Å². The van der Waals surface area contributed by atoms with Crippen LogP contribution in [0.15, 0.2) is 18.2 Å². The zero-order chi connectivity index (χ0) is 17.3. The van der Waals surface area contributed by atoms with Crippen LogP contribution in [0.1, 0.15) is 23.2 Å². The van der Waals surface area contributed by atoms with Crippen LogP contribution in [0.5, 0.6) is 5.75 Å². The second-order valence-corrected chi connectivity index (χ2v) is 7.04. The van der Waals surface area contributed by atoms with Crippen molar-refractivity contribution < 1.29 is 29.7 Å². The van der Waals surface area contributed by atoms with E-state index in [1.807, 2.05) is 0 Å². The molecule has 2 aliphatic heterocycles. The number of benzene rings is 1. The van der Waals surface area contributed by atoms with Crippen LogP contribution in [0.3, 0.4) is 0 Å². The van der Waals surface area contributed by atoms with E-state index >= 15 is 0 Å². The van der Waals surface area contributed by atoms with Gasteiger partial charge in [0.05, 0.1) is 5.69 Å². The molecule has 1 saturated heterocycles. The van der Waals surface area contributed by atoms with Gasteiger partial charge in [0, 0.05) is 18.0 Å². The van der Waals surface area contributed by atoms with Crippen molar-refractivity contribution in [3.8, 4) is 5.75 Å². The minimum atomic E-state index is -1.77. The highest BCUT2D eigenvalue weighted by molar-refractivity contribution is 8.00. The molecule has 0 saturated carbocycles. The number of thioether (sulfide) groups is 1. The van der Waals surface area contributed by atoms with Crippen LogP contribution in [0.2, 0.25) is 0 Å². The number of nitrogens with zero attached hydrogens (tertiary/aromatic N) is 1. The first-order chi connectivity index (χ1) is 11.4. The van der Waals surface area contributed by atoms with Crippen LogP contribution in [0, 0.1) is 5.92 Å². The van der Waals surface area contributed by atoms with Gasteiger partial charge in [-0.2, -0.15) is 0 Å². The van der Waals surface area contributed by atoms with Crippen molar-refractivity contribution in [3.63, 3.8) is 0 Å². The molecule has 24 heavy (non-hydrogen) atoms. The van der Waals surface area contributed by atoms with Crippen LogP contribution in [-0.2, 0) is 4.79 Å². The van der Waals surface area contributed by atoms with E-state index < -0.39 is 11.0 Å². The van der Waals surface area contributed by atoms with E-state index in [0.29, 0.717) is 30.0 Å². The lowest BCUT2D eigenvalue weighted by Crippen LogP contribution is -2.41. The van der Waals surface area contributed by atoms with Crippen molar-refractivity contribution >= 4 is 29.3 Å². The molecule has 2 aliphatic rings. The minimum absolute atomic E-state index is 0.110. The molecule has 1 unspecified atom stereocenters. The summed E-state index contributed by atoms with van der Waals surface area (Å²) in [4.78, 5) is 25.2. The van der Waals surface area contributed by atoms with Crippen LogP contribution in [0.25, 0.3) is 0 Å². The number of amides is 2. The Balaban J connectivity index is 1.81. The average Bonchev–Trinajstić information content (AvgIpc) is 2.91. The molecule has 0 spiro atoms. The predicted molar refractivity (Wildman–Crippen MR) is 85.9 cm³/mol. The molecule has 1 atom stereocenters. The predicted octanol–water partition coefficient (Wildman–Crippen LogP) is 0.313. The van der Waals surface area contributed by atoms with E-state index in [-0.39, 0.29) is 30.5 Å². The first-order valence-electron chi connectivity index (χ1n) is 7.52. The third-order valence-corrected chi connectivity index (χ3v) is 5.48. The van der Waals surface area contributed by atoms with Crippen molar-refractivity contribution in [2.75, 3.05) is 23.8 Å². The molecule has 0 aliphatic carbocycles. The molecule has 4 N–H and O–H groups in total. The molecule has 9 heteroatoms. The number of nitrogens with one attached hydrogen (secondary N) is 1. The number of hydroxylamine groups is 1. The van der Waals surface area contributed by atoms with Crippen LogP contribution in [-0.4, -0.2) is 51.3 Å². The molecule has 1 aromatic carbocycles. The van der Waals surface area contributed by atoms with Gasteiger partial charge in [0.2, 0.25) is 5.12 Å². The lowest BCUT2D eigenvalue weighted by Gasteiger charge is -2.31. The zero-order valence-electron chi connectivity index (χ0n) is 12.8. The van der Waals surface area contributed by atoms with E-state index in [9.17, 15) is 19.8 Å². The SMILES string of the molecule is O=C(NO)c1ccc2c(c1)N(CCC1CCSC1(O)O)C(=O)CO2. The van der Waals surface area contributed by atoms with Gasteiger partial charge in [0.1, 0.15) is 5.75 Å². The zero-order valence-corrected chi connectivity index (χ0v) is 13.6. The number of fused-ring (bicyclic) bond motifs is 1. The summed E-state index contributed by atoms with van der Waals surface area (Å²) in [6, 6.07) is 4.51. The van der Waals surface area contributed by atoms with Crippen molar-refractivity contribution in [1.29, 1.82) is 0 Å². The number of anilines is 1. The molecule has 130 valence electrons. The Morgan fingerprint density at radius 1 is 1.46 bits per heavy atom. The fourth-order valence-corrected chi connectivity index (χ4v) is 4.10. The summed E-state index contributed by atoms with van der Waals surface area (Å²) in [5.74, 6) is -0.162. The fraction of sp³-hybridized carbons (Fsp3) is 0.467. The highest BCUT2D eigenvalue weighted by atomic mass is 32.2. The van der Waals surface area contributed by atoms with Crippen molar-refractivity contribution in [2.24, 2.45) is 5.92 Å². The van der Waals surface area contributed by atoms with Gasteiger partial charge < -0.3 is 19.8 Å². The topological polar surface area (TPSA) is 119 Å². The lowest BCUT2D eigenvalue weighted by molar-refractivity contribution is -0.123. The standard InChI is InChI=1S/C15H18N2O6S/c18-13-8-23-12-2-1-9(14(19)16-22)7-11(12)17(13)5-3-10-4-6-24-15(10,20)21/h1-2,7,10,20-22H,3-6,8H2,(H,16,19). The molecule has 8 nitrogen and oxygen atoms in total. The summed E-state index contributed by atoms with van der Waals surface area (Å²) in [5.41, 5.74) is 2.17. The smallest absolute Gasteiger partial charge is 0.274 e. The van der Waals surface area contributed by atoms with E-state index in [0.717, 1.165) is 11.8 Å². The molecule has 2 amide bonds. The summed E-state index contributed by atoms with van der Waals surface area (Å²) in [6.07, 6.45) is 1.08. The van der Waals surface area contributed by atoms with Crippen LogP contribution < -0.4 is 15.1 Å². The number of ether oxygens (including phenoxy) is 1. The summed E-state index contributed by atoms with van der Waals surface area (Å²) in [7, 11) is 0. The van der Waals surface area contributed by atoms with Gasteiger partial charge in [-0.3, -0.25) is 14.8 Å². The largest absolute Gasteiger partial charge is 0.482 e. The number of hydrogen-bond donors (Lipinski definition) is 4. The Kier molecular flexibility index (Phi) is 4.68. The maximum absolute atomic E-state index is 12.2. The number of rotatable bonds is 4. The highest BCUT2D eigenvalue weighted by Gasteiger charge is 2.40. The Morgan fingerprint density at radius 3 is 2.92 bits per heavy atom. The molecule has 0 radical (unpaired) electrons. The number of carbonyl (C=O) groups excluding carboxylic acids is 2. The van der Waals surface area contributed by atoms with E-state index in [1.54, 1.807) is 11.5 Å². The molecular weight excluding hydrogens is 336 g/mol. The number of aliphatic hydroxyl groups is 2. The van der Waals surface area contributed by atoms with Gasteiger partial charge in [0.15, 0.2) is 6.61 Å². The lowest BCUT2D eigenvalue weighted by atomic mass is 10.0. The Morgan fingerprint density at radius 2 is 2.25 bits per heavy atom. The molecule has 0 bridgehead atoms. The first-order valence-corrected chi connectivity index (χ1v) is 8.51. The maximum atomic E-state index is 12.2. The molecule has 1 aromatic rings. The Labute approximate surface area is 142 Å². The summed E-state index contributed by atoms with van der Waals surface area (Å²) >= 11 is 1.09. The second kappa shape index (κ2) is 6.60.